The predicted octanol–water partition coefficient (Wildman–Crippen LogP) is 9.86. The highest BCUT2D eigenvalue weighted by molar-refractivity contribution is 7.95. The van der Waals surface area contributed by atoms with Crippen molar-refractivity contribution in [2.45, 2.75) is 39.2 Å². The zero-order valence-electron chi connectivity index (χ0n) is 43.8. The molecule has 0 spiro atoms. The maximum Gasteiger partial charge on any atom is 0.297 e. The molecule has 0 bridgehead atoms. The minimum atomic E-state index is -5.75. The first-order chi connectivity index (χ1) is 41.9. The first kappa shape index (κ1) is 67.6. The molecule has 0 saturated carbocycles. The van der Waals surface area contributed by atoms with Crippen LogP contribution >= 0.6 is 24.1 Å². The number of nitrogens with two attached hydrogens (primary N) is 1. The molecule has 0 aliphatic rings. The lowest BCUT2D eigenvalue weighted by Crippen LogP contribution is -2.04. The van der Waals surface area contributed by atoms with Gasteiger partial charge in [0.05, 0.1) is 59.2 Å². The molecule has 0 aliphatic carbocycles. The Bertz CT molecular complexity index is 5190. The van der Waals surface area contributed by atoms with Crippen molar-refractivity contribution >= 4 is 168 Å². The molecule has 0 unspecified atom stereocenters. The predicted molar refractivity (Wildman–Crippen MR) is 304 cm³/mol. The molecule has 0 radical (unpaired) electrons. The highest BCUT2D eigenvalue weighted by Gasteiger charge is 2.32. The summed E-state index contributed by atoms with van der Waals surface area (Å²) in [6.07, 6.45) is 0. The van der Waals surface area contributed by atoms with E-state index >= 15 is 0 Å². The Kier molecular flexibility index (Phi) is 19.2. The summed E-state index contributed by atoms with van der Waals surface area (Å²) in [5.41, 5.74) is -2.05. The van der Waals surface area contributed by atoms with E-state index in [0.29, 0.717) is 42.4 Å². The van der Waals surface area contributed by atoms with Gasteiger partial charge in [0, 0.05) is 27.6 Å². The Morgan fingerprint density at radius 2 is 0.778 bits per heavy atom. The van der Waals surface area contributed by atoms with Crippen LogP contribution in [0.1, 0.15) is 0 Å². The Balaban J connectivity index is 1.30. The van der Waals surface area contributed by atoms with Crippen LogP contribution in [0.25, 0.3) is 32.3 Å². The van der Waals surface area contributed by atoms with Gasteiger partial charge < -0.3 is 30.5 Å². The van der Waals surface area contributed by atoms with Crippen LogP contribution in [0.15, 0.2) is 165 Å². The van der Waals surface area contributed by atoms with Crippen molar-refractivity contribution in [1.82, 2.24) is 0 Å². The number of fused-ring (bicyclic) bond motifs is 3. The zero-order valence-corrected chi connectivity index (χ0v) is 50.3. The van der Waals surface area contributed by atoms with E-state index in [0.717, 1.165) is 30.3 Å². The molecule has 0 aromatic heterocycles. The molecule has 90 heavy (non-hydrogen) atoms. The van der Waals surface area contributed by atoms with Crippen molar-refractivity contribution in [3.05, 3.63) is 84.9 Å². The summed E-state index contributed by atoms with van der Waals surface area (Å²) in [6.45, 7) is 0. The number of phenolic OH excluding ortho intramolecular Hbond substituents is 3. The van der Waals surface area contributed by atoms with Gasteiger partial charge in [-0.15, -0.1) is 49.6 Å². The molecular formula is C44H33N9O29S8. The monoisotopic (exact) mass is 1410 g/mol. The Labute approximate surface area is 510 Å². The van der Waals surface area contributed by atoms with Crippen LogP contribution < -0.4 is 15.2 Å². The Hall–Kier alpha value is -8.34. The van der Waals surface area contributed by atoms with Gasteiger partial charge in [-0.1, -0.05) is 10.1 Å². The van der Waals surface area contributed by atoms with Gasteiger partial charge in [0.15, 0.2) is 17.2 Å². The lowest BCUT2D eigenvalue weighted by atomic mass is 10.0. The first-order valence-electron chi connectivity index (χ1n) is 22.9. The van der Waals surface area contributed by atoms with Crippen molar-refractivity contribution in [2.24, 2.45) is 40.9 Å². The fourth-order valence-corrected chi connectivity index (χ4v) is 13.4. The van der Waals surface area contributed by atoms with Crippen molar-refractivity contribution < 1.29 is 132 Å². The van der Waals surface area contributed by atoms with Crippen LogP contribution in [-0.4, -0.2) is 118 Å². The second-order valence-electron chi connectivity index (χ2n) is 17.2. The highest BCUT2D eigenvalue weighted by Crippen LogP contribution is 2.52. The molecule has 13 N–H and O–H groups in total. The number of anilines is 1. The van der Waals surface area contributed by atoms with Gasteiger partial charge in [-0.3, -0.25) is 27.3 Å². The molecule has 0 saturated heterocycles. The summed E-state index contributed by atoms with van der Waals surface area (Å²) >= 11 is 0.312. The minimum Gasteiger partial charge on any atom is -0.505 e. The number of ether oxygens (including phenoxy) is 2. The minimum absolute atomic E-state index is 0.0211. The molecule has 476 valence electrons. The van der Waals surface area contributed by atoms with E-state index in [-0.39, 0.29) is 34.1 Å². The molecule has 0 heterocycles. The van der Waals surface area contributed by atoms with Crippen LogP contribution in [0.5, 0.6) is 28.7 Å². The maximum atomic E-state index is 13.2. The average molecular weight is 1410 g/mol. The second-order valence-corrected chi connectivity index (χ2v) is 27.0. The van der Waals surface area contributed by atoms with Crippen LogP contribution in [0, 0.1) is 0 Å². The molecule has 0 atom stereocenters. The molecule has 0 fully saturated rings. The fraction of sp³-hybridized carbons (Fsp3) is 0.0455. The summed E-state index contributed by atoms with van der Waals surface area (Å²) in [6, 6.07) is 11.8. The van der Waals surface area contributed by atoms with Gasteiger partial charge in [0.25, 0.3) is 60.7 Å². The van der Waals surface area contributed by atoms with Crippen molar-refractivity contribution in [3.63, 3.8) is 0 Å². The van der Waals surface area contributed by atoms with Gasteiger partial charge in [-0.05, 0) is 84.2 Å². The van der Waals surface area contributed by atoms with Gasteiger partial charge in [-0.25, -0.2) is 10.5 Å². The van der Waals surface area contributed by atoms with Crippen LogP contribution in [-0.2, 0) is 79.5 Å². The molecule has 0 amide bonds. The van der Waals surface area contributed by atoms with Gasteiger partial charge in [0.1, 0.15) is 86.4 Å². The number of benzene rings is 8. The number of rotatable bonds is 22. The standard InChI is InChI=1S/C44H33N9O29S8/c1-77-18-3-7-24(28(13-18)83-81-79-57)46-52-38-33(88(68,69)70)16-23-21(41(38)55)6-10-27(44(23)90(74,75)76)48-51-37-31(86(62,63)64)11-17-12-32(87(65,66)67)39(42(56)34(17)35(37)45)53-49-26-9-5-20-22(43(26)89(71,72)73)15-29(84-82-80-58)36(40(20)54)50-47-25-8-4-19(78-2)14-30(25)85(59,60)61/h3-16,54-58H,45H2,1-2H3,(H,59,60,61)(H,62,63,64)(H,65,66,67)(H,68,69,70)(H,71,72,73)(H,74,75,76). The molecule has 8 aromatic carbocycles. The number of azo groups is 4. The van der Waals surface area contributed by atoms with Crippen LogP contribution in [0.2, 0.25) is 0 Å². The second kappa shape index (κ2) is 25.5. The number of nitrogens with zero attached hydrogens (tertiary/aromatic N) is 8. The average Bonchev–Trinajstić information content (AvgIpc) is 0.765. The largest absolute Gasteiger partial charge is 0.505 e. The van der Waals surface area contributed by atoms with E-state index in [2.05, 4.69) is 59.7 Å². The van der Waals surface area contributed by atoms with E-state index in [1.54, 1.807) is 0 Å². The lowest BCUT2D eigenvalue weighted by Gasteiger charge is -2.15. The maximum absolute atomic E-state index is 13.2. The molecule has 38 nitrogen and oxygen atoms in total. The number of methoxy groups -OCH3 is 2. The number of phenols is 3. The smallest absolute Gasteiger partial charge is 0.297 e. The summed E-state index contributed by atoms with van der Waals surface area (Å²) in [5, 5.41) is 84.4. The van der Waals surface area contributed by atoms with Gasteiger partial charge >= 0.3 is 0 Å². The van der Waals surface area contributed by atoms with E-state index in [1.807, 2.05) is 0 Å². The van der Waals surface area contributed by atoms with Gasteiger partial charge in [-0.2, -0.15) is 50.5 Å². The molecular weight excluding hydrogens is 1380 g/mol. The third-order valence-corrected chi connectivity index (χ3v) is 18.6. The third-order valence-electron chi connectivity index (χ3n) is 11.9. The van der Waals surface area contributed by atoms with Crippen molar-refractivity contribution in [2.75, 3.05) is 20.0 Å². The number of hydrogen-bond donors (Lipinski definition) is 12. The summed E-state index contributed by atoms with van der Waals surface area (Å²) < 4.78 is 235. The van der Waals surface area contributed by atoms with E-state index in [9.17, 15) is 93.1 Å². The van der Waals surface area contributed by atoms with E-state index < -0.39 is 190 Å². The van der Waals surface area contributed by atoms with Crippen LogP contribution in [0.4, 0.5) is 51.2 Å². The van der Waals surface area contributed by atoms with Gasteiger partial charge in [0.2, 0.25) is 0 Å². The molecule has 8 aromatic rings. The highest BCUT2D eigenvalue weighted by atomic mass is 32.2. The Morgan fingerprint density at radius 1 is 0.389 bits per heavy atom. The number of hydrogen-bond acceptors (Lipinski definition) is 34. The SMILES string of the molecule is COc1ccc(N=Nc2c(S(=O)(=O)O)cc3c(S(=O)(=O)O)c(N=Nc4c(S(=O)(=O)O)cc5cc(S(=O)(=O)O)c(N=Nc6ccc7c(O)c(N=Nc8ccc(OC)cc8S(=O)(=O)O)c(SOOO)cc7c6S(=O)(=O)O)c(O)c5c4N)ccc3c2O)c(SOOO)c1. The lowest BCUT2D eigenvalue weighted by molar-refractivity contribution is -0.432. The van der Waals surface area contributed by atoms with Crippen LogP contribution in [0.3, 0.4) is 0 Å². The quantitative estimate of drug-likeness (QED) is 0.00749. The Morgan fingerprint density at radius 3 is 1.27 bits per heavy atom. The fourth-order valence-electron chi connectivity index (χ4n) is 8.22. The van der Waals surface area contributed by atoms with Crippen molar-refractivity contribution in [1.29, 1.82) is 0 Å². The number of nitrogen functional groups attached to an aromatic ring is 1. The van der Waals surface area contributed by atoms with E-state index in [4.69, 9.17) is 25.7 Å². The summed E-state index contributed by atoms with van der Waals surface area (Å²) in [5.74, 6) is -3.66. The van der Waals surface area contributed by atoms with Crippen molar-refractivity contribution in [3.8, 4) is 28.7 Å². The topological polar surface area (TPSA) is 608 Å². The summed E-state index contributed by atoms with van der Waals surface area (Å²) in [7, 11) is -31.0. The normalized spacial score (nSPS) is 13.1. The number of aromatic hydroxyl groups is 3. The summed E-state index contributed by atoms with van der Waals surface area (Å²) in [4.78, 5) is -8.46. The molecule has 8 rings (SSSR count). The third kappa shape index (κ3) is 14.0. The molecule has 0 aliphatic heterocycles. The molecule has 46 heteroatoms. The first-order valence-corrected chi connectivity index (χ1v) is 33.0. The zero-order chi connectivity index (χ0) is 66.4. The van der Waals surface area contributed by atoms with E-state index in [1.165, 1.54) is 38.5 Å².